The van der Waals surface area contributed by atoms with Crippen molar-refractivity contribution in [2.45, 2.75) is 38.8 Å². The van der Waals surface area contributed by atoms with Crippen molar-refractivity contribution in [2.24, 2.45) is 4.99 Å². The van der Waals surface area contributed by atoms with Gasteiger partial charge in [-0.05, 0) is 44.9 Å². The molecular formula is C20H21N9O2. The van der Waals surface area contributed by atoms with E-state index in [2.05, 4.69) is 40.3 Å². The highest BCUT2D eigenvalue weighted by atomic mass is 16.3. The Labute approximate surface area is 175 Å². The fourth-order valence-corrected chi connectivity index (χ4v) is 3.22. The molecule has 1 aliphatic rings. The van der Waals surface area contributed by atoms with Crippen molar-refractivity contribution in [3.8, 4) is 5.88 Å². The van der Waals surface area contributed by atoms with Crippen LogP contribution in [0.1, 0.15) is 42.9 Å². The molecule has 4 N–H and O–H groups in total. The number of aromatic amines is 2. The number of nitrogens with zero attached hydrogens (tertiary/aromatic N) is 6. The lowest BCUT2D eigenvalue weighted by atomic mass is 10.2. The quantitative estimate of drug-likeness (QED) is 0.364. The Morgan fingerprint density at radius 1 is 1.29 bits per heavy atom. The summed E-state index contributed by atoms with van der Waals surface area (Å²) in [5.41, 5.74) is 2.50. The molecule has 31 heavy (non-hydrogen) atoms. The highest BCUT2D eigenvalue weighted by molar-refractivity contribution is 5.57. The van der Waals surface area contributed by atoms with E-state index in [1.165, 1.54) is 0 Å². The van der Waals surface area contributed by atoms with Crippen LogP contribution in [0.5, 0.6) is 5.88 Å². The van der Waals surface area contributed by atoms with Gasteiger partial charge in [0.15, 0.2) is 5.65 Å². The van der Waals surface area contributed by atoms with Crippen molar-refractivity contribution >= 4 is 17.7 Å². The summed E-state index contributed by atoms with van der Waals surface area (Å²) in [7, 11) is 0. The SMILES string of the molecule is Cc1cccc(C(C)Nc2nc(=NC3CC3)n3nc/c(=C/c4[nH]c(=O)[nH]c4O)c3n2)n1. The third kappa shape index (κ3) is 3.89. The summed E-state index contributed by atoms with van der Waals surface area (Å²) in [6.07, 6.45) is 5.24. The van der Waals surface area contributed by atoms with Crippen LogP contribution >= 0.6 is 0 Å². The maximum atomic E-state index is 11.5. The van der Waals surface area contributed by atoms with Crippen molar-refractivity contribution in [1.29, 1.82) is 0 Å². The molecule has 0 saturated heterocycles. The van der Waals surface area contributed by atoms with Gasteiger partial charge in [-0.3, -0.25) is 9.97 Å². The van der Waals surface area contributed by atoms with Gasteiger partial charge in [-0.1, -0.05) is 6.07 Å². The summed E-state index contributed by atoms with van der Waals surface area (Å²) < 4.78 is 1.56. The molecule has 4 aromatic heterocycles. The Kier molecular flexibility index (Phi) is 4.50. The van der Waals surface area contributed by atoms with E-state index >= 15 is 0 Å². The lowest BCUT2D eigenvalue weighted by molar-refractivity contribution is 0.454. The standard InChI is InChI=1S/C20H21N9O2/c1-10-4-3-5-14(22-10)11(2)23-18-26-16-12(8-15-17(30)27-20(31)25-15)9-21-29(16)19(28-18)24-13-6-7-13/h3-5,8-9,11,13,30H,6-7H2,1-2H3,(H,23,24,28)(H2,25,27,31)/b12-8-. The summed E-state index contributed by atoms with van der Waals surface area (Å²) >= 11 is 0. The van der Waals surface area contributed by atoms with Crippen LogP contribution in [0.15, 0.2) is 34.2 Å². The molecule has 1 unspecified atom stereocenters. The normalized spacial score (nSPS) is 16.2. The molecular weight excluding hydrogens is 398 g/mol. The van der Waals surface area contributed by atoms with Crippen molar-refractivity contribution < 1.29 is 5.11 Å². The Bertz CT molecular complexity index is 1450. The van der Waals surface area contributed by atoms with Gasteiger partial charge in [0.1, 0.15) is 5.69 Å². The highest BCUT2D eigenvalue weighted by Gasteiger charge is 2.21. The monoisotopic (exact) mass is 419 g/mol. The number of pyridine rings is 1. The minimum atomic E-state index is -0.499. The number of hydrogen-bond donors (Lipinski definition) is 4. The number of aromatic nitrogens is 7. The van der Waals surface area contributed by atoms with Gasteiger partial charge in [0.25, 0.3) is 5.62 Å². The van der Waals surface area contributed by atoms with Crippen LogP contribution < -0.4 is 21.8 Å². The first-order valence-corrected chi connectivity index (χ1v) is 9.99. The van der Waals surface area contributed by atoms with E-state index in [0.29, 0.717) is 22.4 Å². The van der Waals surface area contributed by atoms with E-state index in [0.717, 1.165) is 24.2 Å². The molecule has 1 saturated carbocycles. The fourth-order valence-electron chi connectivity index (χ4n) is 3.22. The molecule has 11 heteroatoms. The average molecular weight is 419 g/mol. The maximum absolute atomic E-state index is 11.5. The van der Waals surface area contributed by atoms with Gasteiger partial charge in [0.05, 0.1) is 24.0 Å². The first kappa shape index (κ1) is 19.0. The molecule has 0 amide bonds. The van der Waals surface area contributed by atoms with Crippen molar-refractivity contribution in [2.75, 3.05) is 5.32 Å². The molecule has 4 heterocycles. The zero-order valence-electron chi connectivity index (χ0n) is 17.0. The number of aromatic hydroxyl groups is 1. The molecule has 5 rings (SSSR count). The number of H-pyrrole nitrogens is 2. The summed E-state index contributed by atoms with van der Waals surface area (Å²) in [5.74, 6) is 0.142. The van der Waals surface area contributed by atoms with Crippen molar-refractivity contribution in [3.63, 3.8) is 0 Å². The molecule has 0 aliphatic heterocycles. The minimum absolute atomic E-state index is 0.128. The smallest absolute Gasteiger partial charge is 0.326 e. The number of fused-ring (bicyclic) bond motifs is 1. The summed E-state index contributed by atoms with van der Waals surface area (Å²) in [6.45, 7) is 3.93. The second-order valence-electron chi connectivity index (χ2n) is 7.60. The van der Waals surface area contributed by atoms with Crippen LogP contribution in [0.2, 0.25) is 0 Å². The topological polar surface area (TPSA) is 149 Å². The Hall–Kier alpha value is -4.02. The largest absolute Gasteiger partial charge is 0.493 e. The molecule has 0 spiro atoms. The van der Waals surface area contributed by atoms with Crippen LogP contribution in [0.3, 0.4) is 0 Å². The third-order valence-electron chi connectivity index (χ3n) is 4.96. The second-order valence-corrected chi connectivity index (χ2v) is 7.60. The third-order valence-corrected chi connectivity index (χ3v) is 4.96. The van der Waals surface area contributed by atoms with Gasteiger partial charge in [-0.15, -0.1) is 0 Å². The predicted molar refractivity (Wildman–Crippen MR) is 112 cm³/mol. The summed E-state index contributed by atoms with van der Waals surface area (Å²) in [6, 6.07) is 5.96. The van der Waals surface area contributed by atoms with E-state index in [1.54, 1.807) is 16.8 Å². The summed E-state index contributed by atoms with van der Waals surface area (Å²) in [4.78, 5) is 34.7. The van der Waals surface area contributed by atoms with Crippen LogP contribution in [0.4, 0.5) is 5.95 Å². The number of rotatable bonds is 5. The lowest BCUT2D eigenvalue weighted by Crippen LogP contribution is -2.25. The molecule has 11 nitrogen and oxygen atoms in total. The van der Waals surface area contributed by atoms with Gasteiger partial charge in [0.2, 0.25) is 11.8 Å². The first-order valence-electron chi connectivity index (χ1n) is 9.99. The maximum Gasteiger partial charge on any atom is 0.326 e. The molecule has 1 atom stereocenters. The van der Waals surface area contributed by atoms with Gasteiger partial charge >= 0.3 is 5.69 Å². The van der Waals surface area contributed by atoms with Gasteiger partial charge < -0.3 is 15.4 Å². The number of imidazole rings is 1. The second kappa shape index (κ2) is 7.35. The fraction of sp³-hybridized carbons (Fsp3) is 0.300. The average Bonchev–Trinajstić information content (AvgIpc) is 3.37. The van der Waals surface area contributed by atoms with E-state index in [-0.39, 0.29) is 23.7 Å². The van der Waals surface area contributed by atoms with Crippen LogP contribution in [0.25, 0.3) is 11.7 Å². The molecule has 0 aromatic carbocycles. The Balaban J connectivity index is 1.62. The zero-order valence-corrected chi connectivity index (χ0v) is 17.0. The lowest BCUT2D eigenvalue weighted by Gasteiger charge is -2.13. The first-order chi connectivity index (χ1) is 15.0. The van der Waals surface area contributed by atoms with Crippen LogP contribution in [-0.2, 0) is 0 Å². The Morgan fingerprint density at radius 3 is 2.84 bits per heavy atom. The van der Waals surface area contributed by atoms with Gasteiger partial charge in [0, 0.05) is 10.9 Å². The van der Waals surface area contributed by atoms with Crippen molar-refractivity contribution in [3.05, 3.63) is 62.8 Å². The molecule has 0 radical (unpaired) electrons. The highest BCUT2D eigenvalue weighted by Crippen LogP contribution is 2.22. The minimum Gasteiger partial charge on any atom is -0.493 e. The van der Waals surface area contributed by atoms with E-state index in [1.807, 2.05) is 32.0 Å². The number of nitrogens with one attached hydrogen (secondary N) is 3. The van der Waals surface area contributed by atoms with Gasteiger partial charge in [-0.2, -0.15) is 19.6 Å². The Morgan fingerprint density at radius 2 is 2.13 bits per heavy atom. The molecule has 1 aliphatic carbocycles. The van der Waals surface area contributed by atoms with E-state index in [9.17, 15) is 9.90 Å². The number of hydrogen-bond acceptors (Lipinski definition) is 8. The summed E-state index contributed by atoms with van der Waals surface area (Å²) in [5, 5.41) is 18.2. The van der Waals surface area contributed by atoms with Crippen LogP contribution in [0, 0.1) is 6.92 Å². The molecule has 4 aromatic rings. The van der Waals surface area contributed by atoms with Crippen molar-refractivity contribution in [1.82, 2.24) is 34.5 Å². The molecule has 1 fully saturated rings. The predicted octanol–water partition coefficient (Wildman–Crippen LogP) is 0.334. The van der Waals surface area contributed by atoms with E-state index < -0.39 is 5.69 Å². The zero-order chi connectivity index (χ0) is 21.5. The number of aryl methyl sites for hydroxylation is 1. The van der Waals surface area contributed by atoms with E-state index in [4.69, 9.17) is 0 Å². The molecule has 158 valence electrons. The van der Waals surface area contributed by atoms with Gasteiger partial charge in [-0.25, -0.2) is 9.79 Å². The number of anilines is 1. The van der Waals surface area contributed by atoms with Crippen LogP contribution in [-0.4, -0.2) is 45.7 Å². The molecule has 0 bridgehead atoms.